The lowest BCUT2D eigenvalue weighted by molar-refractivity contribution is -0.115. The first kappa shape index (κ1) is 10.5. The highest BCUT2D eigenvalue weighted by atomic mass is 32.2. The largest absolute Gasteiger partial charge is 0.310 e. The van der Waals surface area contributed by atoms with Crippen LogP contribution in [0.1, 0.15) is 11.4 Å². The van der Waals surface area contributed by atoms with E-state index in [1.165, 1.54) is 11.3 Å². The second kappa shape index (κ2) is 5.24. The van der Waals surface area contributed by atoms with E-state index in [9.17, 15) is 4.79 Å². The molecule has 1 amide bonds. The lowest BCUT2D eigenvalue weighted by Crippen LogP contribution is -2.12. The molecule has 0 aliphatic carbocycles. The van der Waals surface area contributed by atoms with Gasteiger partial charge in [0.05, 0.1) is 5.01 Å². The summed E-state index contributed by atoms with van der Waals surface area (Å²) < 4.78 is 0. The number of rotatable bonds is 4. The smallest absolute Gasteiger partial charge is 0.226 e. The van der Waals surface area contributed by atoms with Gasteiger partial charge in [-0.1, -0.05) is 0 Å². The van der Waals surface area contributed by atoms with Gasteiger partial charge >= 0.3 is 0 Å². The van der Waals surface area contributed by atoms with Crippen LogP contribution in [0, 0.1) is 6.92 Å². The van der Waals surface area contributed by atoms with Gasteiger partial charge in [-0.05, 0) is 13.2 Å². The molecule has 1 rings (SSSR count). The van der Waals surface area contributed by atoms with Gasteiger partial charge in [-0.3, -0.25) is 4.79 Å². The van der Waals surface area contributed by atoms with Gasteiger partial charge in [-0.15, -0.1) is 11.3 Å². The van der Waals surface area contributed by atoms with Crippen molar-refractivity contribution < 1.29 is 4.79 Å². The van der Waals surface area contributed by atoms with Crippen LogP contribution in [-0.2, 0) is 4.79 Å². The maximum Gasteiger partial charge on any atom is 0.226 e. The summed E-state index contributed by atoms with van der Waals surface area (Å²) in [7, 11) is 0. The first-order chi connectivity index (χ1) is 6.22. The Morgan fingerprint density at radius 2 is 2.54 bits per heavy atom. The molecule has 0 bridgehead atoms. The molecule has 0 saturated carbocycles. The van der Waals surface area contributed by atoms with E-state index >= 15 is 0 Å². The lowest BCUT2D eigenvalue weighted by Gasteiger charge is -1.99. The number of carbonyl (C=O) groups excluding carboxylic acids is 1. The van der Waals surface area contributed by atoms with Crippen molar-refractivity contribution in [2.24, 2.45) is 0 Å². The first-order valence-corrected chi connectivity index (χ1v) is 6.20. The van der Waals surface area contributed by atoms with Crippen LogP contribution in [0.15, 0.2) is 5.38 Å². The first-order valence-electron chi connectivity index (χ1n) is 3.93. The SMILES string of the molecule is CSCCC(=O)Nc1csc(C)n1. The van der Waals surface area contributed by atoms with Crippen molar-refractivity contribution in [1.29, 1.82) is 0 Å². The van der Waals surface area contributed by atoms with Crippen molar-refractivity contribution >= 4 is 34.8 Å². The Morgan fingerprint density at radius 3 is 3.08 bits per heavy atom. The van der Waals surface area contributed by atoms with Crippen molar-refractivity contribution in [3.63, 3.8) is 0 Å². The molecule has 3 nitrogen and oxygen atoms in total. The van der Waals surface area contributed by atoms with Crippen LogP contribution >= 0.6 is 23.1 Å². The summed E-state index contributed by atoms with van der Waals surface area (Å²) in [6, 6.07) is 0. The van der Waals surface area contributed by atoms with E-state index in [-0.39, 0.29) is 5.91 Å². The topological polar surface area (TPSA) is 42.0 Å². The minimum atomic E-state index is 0.0413. The molecule has 0 spiro atoms. The number of aromatic nitrogens is 1. The molecule has 0 aliphatic heterocycles. The third-order valence-electron chi connectivity index (χ3n) is 1.42. The minimum absolute atomic E-state index is 0.0413. The number of aryl methyl sites for hydroxylation is 1. The Balaban J connectivity index is 2.36. The Labute approximate surface area is 86.0 Å². The van der Waals surface area contributed by atoms with Gasteiger partial charge in [-0.25, -0.2) is 4.98 Å². The van der Waals surface area contributed by atoms with Crippen LogP contribution in [0.2, 0.25) is 0 Å². The zero-order chi connectivity index (χ0) is 9.68. The van der Waals surface area contributed by atoms with Crippen LogP contribution in [0.4, 0.5) is 5.82 Å². The number of nitrogens with zero attached hydrogens (tertiary/aromatic N) is 1. The third-order valence-corrected chi connectivity index (χ3v) is 2.81. The van der Waals surface area contributed by atoms with E-state index in [0.717, 1.165) is 10.8 Å². The van der Waals surface area contributed by atoms with Crippen LogP contribution < -0.4 is 5.32 Å². The second-order valence-corrected chi connectivity index (χ2v) is 4.59. The van der Waals surface area contributed by atoms with Gasteiger partial charge in [0.15, 0.2) is 0 Å². The molecular formula is C8H12N2OS2. The van der Waals surface area contributed by atoms with Gasteiger partial charge < -0.3 is 5.32 Å². The van der Waals surface area contributed by atoms with Crippen molar-refractivity contribution in [3.8, 4) is 0 Å². The Morgan fingerprint density at radius 1 is 1.77 bits per heavy atom. The quantitative estimate of drug-likeness (QED) is 0.838. The molecule has 0 radical (unpaired) electrons. The molecular weight excluding hydrogens is 204 g/mol. The zero-order valence-electron chi connectivity index (χ0n) is 7.66. The van der Waals surface area contributed by atoms with E-state index in [0.29, 0.717) is 12.2 Å². The van der Waals surface area contributed by atoms with E-state index in [1.807, 2.05) is 18.6 Å². The maximum atomic E-state index is 11.2. The molecule has 0 unspecified atom stereocenters. The average Bonchev–Trinajstić information content (AvgIpc) is 2.48. The number of hydrogen-bond acceptors (Lipinski definition) is 4. The molecule has 72 valence electrons. The van der Waals surface area contributed by atoms with Gasteiger partial charge in [0, 0.05) is 17.6 Å². The third kappa shape index (κ3) is 3.78. The normalized spacial score (nSPS) is 10.0. The summed E-state index contributed by atoms with van der Waals surface area (Å²) in [5.41, 5.74) is 0. The number of anilines is 1. The number of amides is 1. The summed E-state index contributed by atoms with van der Waals surface area (Å²) >= 11 is 3.21. The number of hydrogen-bond donors (Lipinski definition) is 1. The Hall–Kier alpha value is -0.550. The standard InChI is InChI=1S/C8H12N2OS2/c1-6-9-7(5-13-6)10-8(11)3-4-12-2/h5H,3-4H2,1-2H3,(H,10,11). The molecule has 1 aromatic rings. The van der Waals surface area contributed by atoms with Crippen LogP contribution in [0.3, 0.4) is 0 Å². The fourth-order valence-electron chi connectivity index (χ4n) is 0.821. The average molecular weight is 216 g/mol. The van der Waals surface area contributed by atoms with Crippen molar-refractivity contribution in [2.75, 3.05) is 17.3 Å². The Bertz CT molecular complexity index is 285. The minimum Gasteiger partial charge on any atom is -0.310 e. The highest BCUT2D eigenvalue weighted by Crippen LogP contribution is 2.12. The van der Waals surface area contributed by atoms with Crippen molar-refractivity contribution in [3.05, 3.63) is 10.4 Å². The lowest BCUT2D eigenvalue weighted by atomic mass is 10.4. The second-order valence-electron chi connectivity index (χ2n) is 2.54. The van der Waals surface area contributed by atoms with Crippen molar-refractivity contribution in [1.82, 2.24) is 4.98 Å². The molecule has 0 aromatic carbocycles. The molecule has 5 heteroatoms. The van der Waals surface area contributed by atoms with Crippen LogP contribution in [0.25, 0.3) is 0 Å². The van der Waals surface area contributed by atoms with Crippen molar-refractivity contribution in [2.45, 2.75) is 13.3 Å². The molecule has 0 aliphatic rings. The molecule has 1 aromatic heterocycles. The fraction of sp³-hybridized carbons (Fsp3) is 0.500. The molecule has 1 heterocycles. The van der Waals surface area contributed by atoms with Gasteiger partial charge in [0.1, 0.15) is 5.82 Å². The summed E-state index contributed by atoms with van der Waals surface area (Å²) in [5, 5.41) is 5.57. The highest BCUT2D eigenvalue weighted by molar-refractivity contribution is 7.98. The number of thiazole rings is 1. The molecule has 13 heavy (non-hydrogen) atoms. The zero-order valence-corrected chi connectivity index (χ0v) is 9.30. The predicted octanol–water partition coefficient (Wildman–Crippen LogP) is 2.14. The van der Waals surface area contributed by atoms with Crippen LogP contribution in [-0.4, -0.2) is 22.9 Å². The molecule has 0 saturated heterocycles. The van der Waals surface area contributed by atoms with Gasteiger partial charge in [0.2, 0.25) is 5.91 Å². The number of nitrogens with one attached hydrogen (secondary N) is 1. The number of thioether (sulfide) groups is 1. The summed E-state index contributed by atoms with van der Waals surface area (Å²) in [4.78, 5) is 15.4. The molecule has 0 atom stereocenters. The van der Waals surface area contributed by atoms with E-state index in [2.05, 4.69) is 10.3 Å². The fourth-order valence-corrected chi connectivity index (χ4v) is 1.76. The monoisotopic (exact) mass is 216 g/mol. The highest BCUT2D eigenvalue weighted by Gasteiger charge is 2.03. The van der Waals surface area contributed by atoms with Gasteiger partial charge in [0.25, 0.3) is 0 Å². The maximum absolute atomic E-state index is 11.2. The van der Waals surface area contributed by atoms with E-state index < -0.39 is 0 Å². The summed E-state index contributed by atoms with van der Waals surface area (Å²) in [5.74, 6) is 1.57. The van der Waals surface area contributed by atoms with E-state index in [1.54, 1.807) is 11.8 Å². The Kier molecular flexibility index (Phi) is 4.24. The van der Waals surface area contributed by atoms with Gasteiger partial charge in [-0.2, -0.15) is 11.8 Å². The van der Waals surface area contributed by atoms with Crippen LogP contribution in [0.5, 0.6) is 0 Å². The number of carbonyl (C=O) groups is 1. The summed E-state index contributed by atoms with van der Waals surface area (Å²) in [6.07, 6.45) is 2.54. The molecule has 1 N–H and O–H groups in total. The predicted molar refractivity (Wildman–Crippen MR) is 58.5 cm³/mol. The van der Waals surface area contributed by atoms with E-state index in [4.69, 9.17) is 0 Å². The molecule has 0 fully saturated rings. The summed E-state index contributed by atoms with van der Waals surface area (Å²) in [6.45, 7) is 1.92.